The first-order valence-corrected chi connectivity index (χ1v) is 7.18. The van der Waals surface area contributed by atoms with Crippen LogP contribution in [0.25, 0.3) is 5.69 Å². The van der Waals surface area contributed by atoms with Crippen molar-refractivity contribution >= 4 is 11.8 Å². The molecule has 0 amide bonds. The molecule has 0 aromatic carbocycles. The number of ether oxygens (including phenoxy) is 1. The Morgan fingerprint density at radius 3 is 2.71 bits per heavy atom. The summed E-state index contributed by atoms with van der Waals surface area (Å²) in [5.41, 5.74) is 8.13. The average molecular weight is 286 g/mol. The zero-order chi connectivity index (χ0) is 14.8. The van der Waals surface area contributed by atoms with Gasteiger partial charge < -0.3 is 10.5 Å². The van der Waals surface area contributed by atoms with E-state index in [1.807, 2.05) is 12.1 Å². The Hall–Kier alpha value is -2.37. The van der Waals surface area contributed by atoms with Crippen LogP contribution in [0.15, 0.2) is 24.5 Å². The van der Waals surface area contributed by atoms with Crippen LogP contribution >= 0.6 is 0 Å². The van der Waals surface area contributed by atoms with Crippen LogP contribution in [0.3, 0.4) is 0 Å². The normalized spacial score (nSPS) is 14.7. The first-order valence-electron chi connectivity index (χ1n) is 7.18. The van der Waals surface area contributed by atoms with Crippen molar-refractivity contribution in [1.29, 1.82) is 0 Å². The predicted octanol–water partition coefficient (Wildman–Crippen LogP) is 2.29. The number of hydrogen-bond acceptors (Lipinski definition) is 5. The topological polar surface area (TPSA) is 83.0 Å². The fourth-order valence-corrected chi connectivity index (χ4v) is 2.51. The summed E-state index contributed by atoms with van der Waals surface area (Å²) in [6.45, 7) is 2.10. The molecule has 6 heteroatoms. The first kappa shape index (κ1) is 13.6. The highest BCUT2D eigenvalue weighted by Gasteiger charge is 2.32. The lowest BCUT2D eigenvalue weighted by Gasteiger charge is -2.24. The molecule has 1 fully saturated rings. The van der Waals surface area contributed by atoms with Gasteiger partial charge in [0, 0.05) is 18.3 Å². The van der Waals surface area contributed by atoms with Gasteiger partial charge in [-0.15, -0.1) is 0 Å². The summed E-state index contributed by atoms with van der Waals surface area (Å²) >= 11 is 0. The maximum absolute atomic E-state index is 12.2. The number of aromatic nitrogens is 3. The summed E-state index contributed by atoms with van der Waals surface area (Å²) in [5, 5.41) is 4.57. The lowest BCUT2D eigenvalue weighted by atomic mass is 9.81. The number of carbonyl (C=O) groups is 1. The van der Waals surface area contributed by atoms with Crippen molar-refractivity contribution in [3.63, 3.8) is 0 Å². The van der Waals surface area contributed by atoms with Crippen molar-refractivity contribution in [2.45, 2.75) is 32.1 Å². The molecule has 1 aliphatic carbocycles. The first-order chi connectivity index (χ1) is 10.2. The van der Waals surface area contributed by atoms with Crippen LogP contribution in [0.4, 0.5) is 5.82 Å². The number of nitrogens with two attached hydrogens (primary N) is 1. The van der Waals surface area contributed by atoms with E-state index in [1.165, 1.54) is 0 Å². The van der Waals surface area contributed by atoms with Gasteiger partial charge in [-0.1, -0.05) is 6.42 Å². The van der Waals surface area contributed by atoms with Gasteiger partial charge in [-0.05, 0) is 31.9 Å². The third-order valence-corrected chi connectivity index (χ3v) is 3.83. The van der Waals surface area contributed by atoms with Gasteiger partial charge >= 0.3 is 5.97 Å². The Balaban J connectivity index is 2.08. The van der Waals surface area contributed by atoms with E-state index in [-0.39, 0.29) is 0 Å². The standard InChI is InChI=1S/C15H18N4O2/c1-2-21-15(20)12-13(10-4-3-5-10)18-19(14(12)16)11-6-8-17-9-7-11/h6-10H,2-5,16H2,1H3. The minimum Gasteiger partial charge on any atom is -0.462 e. The zero-order valence-electron chi connectivity index (χ0n) is 12.0. The lowest BCUT2D eigenvalue weighted by molar-refractivity contribution is 0.0525. The minimum atomic E-state index is -0.391. The number of carbonyl (C=O) groups excluding carboxylic acids is 1. The van der Waals surface area contributed by atoms with Gasteiger partial charge in [0.05, 0.1) is 18.0 Å². The van der Waals surface area contributed by atoms with Gasteiger partial charge in [-0.3, -0.25) is 4.98 Å². The molecule has 2 heterocycles. The second-order valence-corrected chi connectivity index (χ2v) is 5.11. The van der Waals surface area contributed by atoms with Crippen LogP contribution in [0.1, 0.15) is 48.2 Å². The molecule has 2 aromatic heterocycles. The molecule has 110 valence electrons. The fourth-order valence-electron chi connectivity index (χ4n) is 2.51. The third-order valence-electron chi connectivity index (χ3n) is 3.83. The molecule has 21 heavy (non-hydrogen) atoms. The quantitative estimate of drug-likeness (QED) is 0.872. The van der Waals surface area contributed by atoms with Crippen LogP contribution in [-0.4, -0.2) is 27.3 Å². The van der Waals surface area contributed by atoms with Gasteiger partial charge in [0.2, 0.25) is 0 Å². The van der Waals surface area contributed by atoms with Crippen LogP contribution in [0, 0.1) is 0 Å². The van der Waals surface area contributed by atoms with Crippen molar-refractivity contribution in [3.05, 3.63) is 35.8 Å². The molecule has 1 aliphatic rings. The summed E-state index contributed by atoms with van der Waals surface area (Å²) in [7, 11) is 0. The highest BCUT2D eigenvalue weighted by atomic mass is 16.5. The molecule has 2 aromatic rings. The Morgan fingerprint density at radius 1 is 1.43 bits per heavy atom. The van der Waals surface area contributed by atoms with Gasteiger partial charge in [0.1, 0.15) is 11.4 Å². The van der Waals surface area contributed by atoms with E-state index in [0.717, 1.165) is 30.6 Å². The third kappa shape index (κ3) is 2.37. The molecule has 1 saturated carbocycles. The monoisotopic (exact) mass is 286 g/mol. The number of anilines is 1. The number of esters is 1. The predicted molar refractivity (Wildman–Crippen MR) is 78.3 cm³/mol. The van der Waals surface area contributed by atoms with Crippen molar-refractivity contribution < 1.29 is 9.53 Å². The minimum absolute atomic E-state index is 0.301. The Kier molecular flexibility index (Phi) is 3.60. The molecule has 3 rings (SSSR count). The van der Waals surface area contributed by atoms with Gasteiger partial charge in [0.15, 0.2) is 0 Å². The van der Waals surface area contributed by atoms with Crippen LogP contribution < -0.4 is 5.73 Å². The molecule has 2 N–H and O–H groups in total. The molecule has 0 aliphatic heterocycles. The molecule has 0 atom stereocenters. The molecular formula is C15H18N4O2. The van der Waals surface area contributed by atoms with Crippen LogP contribution in [0.2, 0.25) is 0 Å². The highest BCUT2D eigenvalue weighted by molar-refractivity contribution is 5.96. The SMILES string of the molecule is CCOC(=O)c1c(C2CCC2)nn(-c2ccncc2)c1N. The Morgan fingerprint density at radius 2 is 2.14 bits per heavy atom. The lowest BCUT2D eigenvalue weighted by Crippen LogP contribution is -2.15. The van der Waals surface area contributed by atoms with Crippen molar-refractivity contribution in [2.24, 2.45) is 0 Å². The fraction of sp³-hybridized carbons (Fsp3) is 0.400. The van der Waals surface area contributed by atoms with Crippen LogP contribution in [-0.2, 0) is 4.74 Å². The highest BCUT2D eigenvalue weighted by Crippen LogP contribution is 2.39. The molecule has 0 unspecified atom stereocenters. The van der Waals surface area contributed by atoms with E-state index in [0.29, 0.717) is 23.9 Å². The summed E-state index contributed by atoms with van der Waals surface area (Å²) in [6, 6.07) is 3.62. The molecule has 0 spiro atoms. The van der Waals surface area contributed by atoms with Gasteiger partial charge in [0.25, 0.3) is 0 Å². The largest absolute Gasteiger partial charge is 0.462 e. The number of rotatable bonds is 4. The van der Waals surface area contributed by atoms with Crippen molar-refractivity contribution in [1.82, 2.24) is 14.8 Å². The van der Waals surface area contributed by atoms with Gasteiger partial charge in [-0.2, -0.15) is 5.10 Å². The zero-order valence-corrected chi connectivity index (χ0v) is 12.0. The van der Waals surface area contributed by atoms with E-state index in [2.05, 4.69) is 10.1 Å². The van der Waals surface area contributed by atoms with E-state index in [1.54, 1.807) is 24.0 Å². The summed E-state index contributed by atoms with van der Waals surface area (Å²) in [5.74, 6) is 0.244. The molecular weight excluding hydrogens is 268 g/mol. The Labute approximate surface area is 122 Å². The number of nitrogen functional groups attached to an aromatic ring is 1. The van der Waals surface area contributed by atoms with E-state index in [9.17, 15) is 4.79 Å². The van der Waals surface area contributed by atoms with Crippen LogP contribution in [0.5, 0.6) is 0 Å². The Bertz CT molecular complexity index is 647. The van der Waals surface area contributed by atoms with E-state index >= 15 is 0 Å². The number of pyridine rings is 1. The maximum Gasteiger partial charge on any atom is 0.343 e. The van der Waals surface area contributed by atoms with Crippen molar-refractivity contribution in [3.8, 4) is 5.69 Å². The maximum atomic E-state index is 12.2. The second kappa shape index (κ2) is 5.55. The smallest absolute Gasteiger partial charge is 0.343 e. The van der Waals surface area contributed by atoms with E-state index in [4.69, 9.17) is 10.5 Å². The number of nitrogens with zero attached hydrogens (tertiary/aromatic N) is 3. The molecule has 6 nitrogen and oxygen atoms in total. The number of hydrogen-bond donors (Lipinski definition) is 1. The molecule has 0 saturated heterocycles. The average Bonchev–Trinajstić information content (AvgIpc) is 2.75. The second-order valence-electron chi connectivity index (χ2n) is 5.11. The van der Waals surface area contributed by atoms with Gasteiger partial charge in [-0.25, -0.2) is 9.48 Å². The summed E-state index contributed by atoms with van der Waals surface area (Å²) in [4.78, 5) is 16.2. The van der Waals surface area contributed by atoms with Crippen molar-refractivity contribution in [2.75, 3.05) is 12.3 Å². The summed E-state index contributed by atoms with van der Waals surface area (Å²) in [6.07, 6.45) is 6.58. The molecule has 0 bridgehead atoms. The summed E-state index contributed by atoms with van der Waals surface area (Å²) < 4.78 is 6.73. The van der Waals surface area contributed by atoms with E-state index < -0.39 is 5.97 Å². The molecule has 0 radical (unpaired) electrons.